The number of urea groups is 1. The molecule has 22 heavy (non-hydrogen) atoms. The maximum atomic E-state index is 12.6. The second-order valence-corrected chi connectivity index (χ2v) is 6.05. The third-order valence-electron chi connectivity index (χ3n) is 4.18. The van der Waals surface area contributed by atoms with Crippen LogP contribution < -0.4 is 0 Å². The van der Waals surface area contributed by atoms with E-state index >= 15 is 0 Å². The normalized spacial score (nSPS) is 26.0. The van der Waals surface area contributed by atoms with Crippen molar-refractivity contribution in [2.75, 3.05) is 39.4 Å². The number of ether oxygens (including phenoxy) is 2. The number of carbonyl (C=O) groups excluding carboxylic acids is 1. The van der Waals surface area contributed by atoms with Gasteiger partial charge in [0.15, 0.2) is 0 Å². The van der Waals surface area contributed by atoms with Crippen LogP contribution in [0.15, 0.2) is 30.3 Å². The van der Waals surface area contributed by atoms with Gasteiger partial charge in [0.25, 0.3) is 0 Å². The summed E-state index contributed by atoms with van der Waals surface area (Å²) in [5, 5.41) is 0. The number of amides is 2. The number of hydrogen-bond acceptors (Lipinski definition) is 3. The van der Waals surface area contributed by atoms with Crippen molar-refractivity contribution in [3.63, 3.8) is 0 Å². The van der Waals surface area contributed by atoms with E-state index in [1.807, 2.05) is 34.9 Å². The highest BCUT2D eigenvalue weighted by Gasteiger charge is 2.31. The van der Waals surface area contributed by atoms with Crippen LogP contribution >= 0.6 is 0 Å². The Labute approximate surface area is 131 Å². The number of carbonyl (C=O) groups is 1. The molecule has 0 saturated carbocycles. The van der Waals surface area contributed by atoms with Gasteiger partial charge in [-0.05, 0) is 12.5 Å². The number of morpholine rings is 2. The van der Waals surface area contributed by atoms with Gasteiger partial charge in [-0.15, -0.1) is 0 Å². The first kappa shape index (κ1) is 15.3. The van der Waals surface area contributed by atoms with Crippen molar-refractivity contribution >= 4 is 6.03 Å². The van der Waals surface area contributed by atoms with Crippen LogP contribution in [0.4, 0.5) is 4.79 Å². The fourth-order valence-corrected chi connectivity index (χ4v) is 3.15. The van der Waals surface area contributed by atoms with E-state index in [9.17, 15) is 4.79 Å². The van der Waals surface area contributed by atoms with Crippen molar-refractivity contribution in [3.8, 4) is 0 Å². The molecule has 0 radical (unpaired) electrons. The van der Waals surface area contributed by atoms with Crippen LogP contribution in [0.25, 0.3) is 0 Å². The zero-order valence-corrected chi connectivity index (χ0v) is 13.1. The van der Waals surface area contributed by atoms with Crippen LogP contribution in [-0.2, 0) is 15.9 Å². The first-order valence-electron chi connectivity index (χ1n) is 8.03. The van der Waals surface area contributed by atoms with Crippen molar-refractivity contribution in [2.24, 2.45) is 0 Å². The summed E-state index contributed by atoms with van der Waals surface area (Å²) < 4.78 is 11.3. The van der Waals surface area contributed by atoms with E-state index in [0.717, 1.165) is 6.42 Å². The quantitative estimate of drug-likeness (QED) is 0.836. The SMILES string of the molecule is CC1CN(C(=O)N2CCOCC2)CC(Cc2ccccc2)O1. The summed E-state index contributed by atoms with van der Waals surface area (Å²) in [5.74, 6) is 0. The Bertz CT molecular complexity index is 488. The van der Waals surface area contributed by atoms with Crippen LogP contribution in [0.5, 0.6) is 0 Å². The molecule has 2 aliphatic heterocycles. The minimum Gasteiger partial charge on any atom is -0.378 e. The molecule has 120 valence electrons. The Balaban J connectivity index is 1.61. The average molecular weight is 304 g/mol. The molecule has 2 atom stereocenters. The predicted octanol–water partition coefficient (Wildman–Crippen LogP) is 1.77. The number of hydrogen-bond donors (Lipinski definition) is 0. The topological polar surface area (TPSA) is 42.0 Å². The maximum Gasteiger partial charge on any atom is 0.320 e. The van der Waals surface area contributed by atoms with E-state index in [1.54, 1.807) is 0 Å². The third-order valence-corrected chi connectivity index (χ3v) is 4.18. The zero-order chi connectivity index (χ0) is 15.4. The van der Waals surface area contributed by atoms with E-state index in [0.29, 0.717) is 39.4 Å². The molecule has 2 heterocycles. The molecule has 1 aromatic carbocycles. The summed E-state index contributed by atoms with van der Waals surface area (Å²) in [6.07, 6.45) is 0.988. The van der Waals surface area contributed by atoms with E-state index in [1.165, 1.54) is 5.56 Å². The molecular formula is C17H24N2O3. The highest BCUT2D eigenvalue weighted by molar-refractivity contribution is 5.74. The van der Waals surface area contributed by atoms with Crippen molar-refractivity contribution in [1.82, 2.24) is 9.80 Å². The van der Waals surface area contributed by atoms with Crippen molar-refractivity contribution in [3.05, 3.63) is 35.9 Å². The minimum absolute atomic E-state index is 0.0659. The zero-order valence-electron chi connectivity index (χ0n) is 13.1. The van der Waals surface area contributed by atoms with Crippen molar-refractivity contribution in [2.45, 2.75) is 25.6 Å². The molecule has 5 nitrogen and oxygen atoms in total. The lowest BCUT2D eigenvalue weighted by Gasteiger charge is -2.40. The molecule has 0 aromatic heterocycles. The van der Waals surface area contributed by atoms with Crippen LogP contribution in [0, 0.1) is 0 Å². The Morgan fingerprint density at radius 2 is 1.86 bits per heavy atom. The fourth-order valence-electron chi connectivity index (χ4n) is 3.15. The lowest BCUT2D eigenvalue weighted by Crippen LogP contribution is -2.55. The van der Waals surface area contributed by atoms with E-state index in [2.05, 4.69) is 12.1 Å². The summed E-state index contributed by atoms with van der Waals surface area (Å²) >= 11 is 0. The van der Waals surface area contributed by atoms with Gasteiger partial charge in [0.1, 0.15) is 0 Å². The molecule has 2 aliphatic rings. The molecule has 0 N–H and O–H groups in total. The third kappa shape index (κ3) is 3.78. The highest BCUT2D eigenvalue weighted by Crippen LogP contribution is 2.17. The molecule has 2 unspecified atom stereocenters. The van der Waals surface area contributed by atoms with Gasteiger partial charge in [-0.25, -0.2) is 4.79 Å². The summed E-state index contributed by atoms with van der Waals surface area (Å²) in [6, 6.07) is 10.4. The lowest BCUT2D eigenvalue weighted by molar-refractivity contribution is -0.0687. The average Bonchev–Trinajstić information content (AvgIpc) is 2.55. The molecule has 0 bridgehead atoms. The predicted molar refractivity (Wildman–Crippen MR) is 83.8 cm³/mol. The molecule has 2 fully saturated rings. The van der Waals surface area contributed by atoms with Gasteiger partial charge >= 0.3 is 6.03 Å². The molecule has 1 aromatic rings. The standard InChI is InChI=1S/C17H24N2O3/c1-14-12-19(17(20)18-7-9-21-10-8-18)13-16(22-14)11-15-5-3-2-4-6-15/h2-6,14,16H,7-13H2,1H3. The van der Waals surface area contributed by atoms with Crippen molar-refractivity contribution in [1.29, 1.82) is 0 Å². The molecule has 0 spiro atoms. The van der Waals surface area contributed by atoms with Gasteiger partial charge in [0, 0.05) is 32.6 Å². The number of benzene rings is 1. The van der Waals surface area contributed by atoms with Gasteiger partial charge in [0.05, 0.1) is 25.4 Å². The van der Waals surface area contributed by atoms with Crippen LogP contribution in [0.2, 0.25) is 0 Å². The maximum absolute atomic E-state index is 12.6. The largest absolute Gasteiger partial charge is 0.378 e. The molecule has 3 rings (SSSR count). The molecule has 2 amide bonds. The van der Waals surface area contributed by atoms with Gasteiger partial charge in [-0.1, -0.05) is 30.3 Å². The highest BCUT2D eigenvalue weighted by atomic mass is 16.5. The summed E-state index contributed by atoms with van der Waals surface area (Å²) in [4.78, 5) is 16.5. The summed E-state index contributed by atoms with van der Waals surface area (Å²) in [5.41, 5.74) is 1.25. The Kier molecular flexibility index (Phi) is 4.95. The molecular weight excluding hydrogens is 280 g/mol. The Hall–Kier alpha value is -1.59. The minimum atomic E-state index is 0.0659. The number of rotatable bonds is 2. The second-order valence-electron chi connectivity index (χ2n) is 6.05. The Morgan fingerprint density at radius 1 is 1.14 bits per heavy atom. The van der Waals surface area contributed by atoms with E-state index in [-0.39, 0.29) is 18.2 Å². The monoisotopic (exact) mass is 304 g/mol. The second kappa shape index (κ2) is 7.11. The number of nitrogens with zero attached hydrogens (tertiary/aromatic N) is 2. The summed E-state index contributed by atoms with van der Waals surface area (Å²) in [7, 11) is 0. The van der Waals surface area contributed by atoms with E-state index in [4.69, 9.17) is 9.47 Å². The van der Waals surface area contributed by atoms with Crippen LogP contribution in [-0.4, -0.2) is 67.4 Å². The smallest absolute Gasteiger partial charge is 0.320 e. The van der Waals surface area contributed by atoms with Crippen LogP contribution in [0.1, 0.15) is 12.5 Å². The first-order chi connectivity index (χ1) is 10.7. The first-order valence-corrected chi connectivity index (χ1v) is 8.03. The fraction of sp³-hybridized carbons (Fsp3) is 0.588. The van der Waals surface area contributed by atoms with Gasteiger partial charge in [-0.3, -0.25) is 0 Å². The van der Waals surface area contributed by atoms with Crippen molar-refractivity contribution < 1.29 is 14.3 Å². The summed E-state index contributed by atoms with van der Waals surface area (Å²) in [6.45, 7) is 6.02. The van der Waals surface area contributed by atoms with Gasteiger partial charge < -0.3 is 19.3 Å². The molecule has 0 aliphatic carbocycles. The van der Waals surface area contributed by atoms with E-state index < -0.39 is 0 Å². The molecule has 2 saturated heterocycles. The Morgan fingerprint density at radius 3 is 2.59 bits per heavy atom. The molecule has 5 heteroatoms. The van der Waals surface area contributed by atoms with Crippen LogP contribution in [0.3, 0.4) is 0 Å². The van der Waals surface area contributed by atoms with Gasteiger partial charge in [-0.2, -0.15) is 0 Å². The van der Waals surface area contributed by atoms with Gasteiger partial charge in [0.2, 0.25) is 0 Å². The lowest BCUT2D eigenvalue weighted by atomic mass is 10.1.